The molecule has 0 aromatic heterocycles. The zero-order valence-corrected chi connectivity index (χ0v) is 14.6. The number of carbonyl (C=O) groups is 1. The van der Waals surface area contributed by atoms with E-state index in [4.69, 9.17) is 12.2 Å². The fourth-order valence-electron chi connectivity index (χ4n) is 2.68. The van der Waals surface area contributed by atoms with Gasteiger partial charge in [-0.1, -0.05) is 36.4 Å². The minimum atomic E-state index is -0.176. The highest BCUT2D eigenvalue weighted by atomic mass is 32.1. The van der Waals surface area contributed by atoms with E-state index in [1.807, 2.05) is 48.5 Å². The molecule has 2 aromatic carbocycles. The van der Waals surface area contributed by atoms with Gasteiger partial charge in [0.15, 0.2) is 5.11 Å². The fourth-order valence-corrected chi connectivity index (χ4v) is 2.85. The largest absolute Gasteiger partial charge is 0.368 e. The van der Waals surface area contributed by atoms with E-state index in [9.17, 15) is 4.79 Å². The molecule has 2 aromatic rings. The van der Waals surface area contributed by atoms with Crippen molar-refractivity contribution in [1.29, 1.82) is 0 Å². The Balaban J connectivity index is 1.41. The van der Waals surface area contributed by atoms with Crippen LogP contribution in [0.3, 0.4) is 0 Å². The lowest BCUT2D eigenvalue weighted by Crippen LogP contribution is -2.55. The smallest absolute Gasteiger partial charge is 0.336 e. The quantitative estimate of drug-likeness (QED) is 0.571. The number of hydrogen-bond acceptors (Lipinski definition) is 3. The Hall–Kier alpha value is -2.80. The van der Waals surface area contributed by atoms with E-state index in [0.29, 0.717) is 18.2 Å². The average molecular weight is 355 g/mol. The molecule has 0 unspecified atom stereocenters. The second-order valence-corrected chi connectivity index (χ2v) is 6.09. The Morgan fingerprint density at radius 1 is 0.840 bits per heavy atom. The van der Waals surface area contributed by atoms with Crippen LogP contribution in [0.2, 0.25) is 0 Å². The first-order chi connectivity index (χ1) is 12.2. The van der Waals surface area contributed by atoms with Gasteiger partial charge in [0, 0.05) is 37.6 Å². The topological polar surface area (TPSA) is 59.6 Å². The molecule has 7 heteroatoms. The molecule has 0 aliphatic carbocycles. The number of urea groups is 1. The second-order valence-electron chi connectivity index (χ2n) is 5.68. The van der Waals surface area contributed by atoms with E-state index in [1.165, 1.54) is 5.69 Å². The lowest BCUT2D eigenvalue weighted by atomic mass is 10.2. The predicted octanol–water partition coefficient (Wildman–Crippen LogP) is 2.42. The lowest BCUT2D eigenvalue weighted by molar-refractivity contribution is 0.192. The van der Waals surface area contributed by atoms with Crippen LogP contribution in [0.25, 0.3) is 0 Å². The highest BCUT2D eigenvalue weighted by Crippen LogP contribution is 2.15. The molecule has 1 heterocycles. The molecule has 0 saturated carbocycles. The molecule has 0 radical (unpaired) electrons. The van der Waals surface area contributed by atoms with Crippen molar-refractivity contribution in [3.05, 3.63) is 60.7 Å². The normalized spacial score (nSPS) is 13.9. The molecule has 130 valence electrons. The summed E-state index contributed by atoms with van der Waals surface area (Å²) in [5.41, 5.74) is 7.43. The maximum atomic E-state index is 12.2. The molecule has 0 bridgehead atoms. The maximum Gasteiger partial charge on any atom is 0.336 e. The first-order valence-electron chi connectivity index (χ1n) is 8.19. The zero-order chi connectivity index (χ0) is 17.5. The summed E-state index contributed by atoms with van der Waals surface area (Å²) in [6.07, 6.45) is 0. The summed E-state index contributed by atoms with van der Waals surface area (Å²) in [6, 6.07) is 19.6. The molecule has 3 rings (SSSR count). The predicted molar refractivity (Wildman–Crippen MR) is 105 cm³/mol. The van der Waals surface area contributed by atoms with Gasteiger partial charge in [-0.05, 0) is 36.5 Å². The van der Waals surface area contributed by atoms with Crippen molar-refractivity contribution in [3.8, 4) is 0 Å². The van der Waals surface area contributed by atoms with Crippen molar-refractivity contribution in [2.75, 3.05) is 36.4 Å². The third-order valence-electron chi connectivity index (χ3n) is 4.00. The van der Waals surface area contributed by atoms with Crippen LogP contribution < -0.4 is 21.1 Å². The SMILES string of the molecule is O=C(NNC(=S)Nc1ccccc1)N1CCN(c2ccccc2)CC1. The maximum absolute atomic E-state index is 12.2. The first-order valence-corrected chi connectivity index (χ1v) is 8.60. The number of benzene rings is 2. The van der Waals surface area contributed by atoms with Crippen molar-refractivity contribution in [2.24, 2.45) is 0 Å². The molecule has 2 amide bonds. The van der Waals surface area contributed by atoms with Gasteiger partial charge < -0.3 is 15.1 Å². The summed E-state index contributed by atoms with van der Waals surface area (Å²) >= 11 is 5.17. The van der Waals surface area contributed by atoms with Crippen molar-refractivity contribution in [1.82, 2.24) is 15.8 Å². The molecule has 0 spiro atoms. The molecule has 6 nitrogen and oxygen atoms in total. The second kappa shape index (κ2) is 8.34. The number of carbonyl (C=O) groups excluding carboxylic acids is 1. The fraction of sp³-hybridized carbons (Fsp3) is 0.222. The Bertz CT molecular complexity index is 702. The van der Waals surface area contributed by atoms with E-state index in [0.717, 1.165) is 18.8 Å². The van der Waals surface area contributed by atoms with Crippen LogP contribution in [-0.2, 0) is 0 Å². The number of rotatable bonds is 2. The van der Waals surface area contributed by atoms with Gasteiger partial charge in [0.1, 0.15) is 0 Å². The third-order valence-corrected chi connectivity index (χ3v) is 4.21. The number of hydrazine groups is 1. The number of para-hydroxylation sites is 2. The van der Waals surface area contributed by atoms with E-state index in [-0.39, 0.29) is 6.03 Å². The lowest BCUT2D eigenvalue weighted by Gasteiger charge is -2.36. The molecule has 3 N–H and O–H groups in total. The minimum absolute atomic E-state index is 0.176. The van der Waals surface area contributed by atoms with Gasteiger partial charge in [-0.2, -0.15) is 0 Å². The molecule has 25 heavy (non-hydrogen) atoms. The Labute approximate surface area is 152 Å². The van der Waals surface area contributed by atoms with Gasteiger partial charge in [-0.3, -0.25) is 5.43 Å². The van der Waals surface area contributed by atoms with Crippen LogP contribution in [0.4, 0.5) is 16.2 Å². The van der Waals surface area contributed by atoms with Crippen LogP contribution in [-0.4, -0.2) is 42.2 Å². The van der Waals surface area contributed by atoms with Gasteiger partial charge in [0.05, 0.1) is 0 Å². The van der Waals surface area contributed by atoms with Crippen molar-refractivity contribution in [3.63, 3.8) is 0 Å². The van der Waals surface area contributed by atoms with Crippen molar-refractivity contribution >= 4 is 34.7 Å². The van der Waals surface area contributed by atoms with Crippen LogP contribution in [0.15, 0.2) is 60.7 Å². The van der Waals surface area contributed by atoms with Crippen molar-refractivity contribution in [2.45, 2.75) is 0 Å². The number of nitrogens with zero attached hydrogens (tertiary/aromatic N) is 2. The van der Waals surface area contributed by atoms with Crippen LogP contribution in [0.5, 0.6) is 0 Å². The highest BCUT2D eigenvalue weighted by Gasteiger charge is 2.21. The Kier molecular flexibility index (Phi) is 5.69. The highest BCUT2D eigenvalue weighted by molar-refractivity contribution is 7.80. The molecule has 0 atom stereocenters. The van der Waals surface area contributed by atoms with Gasteiger partial charge >= 0.3 is 6.03 Å². The average Bonchev–Trinajstić information content (AvgIpc) is 2.68. The van der Waals surface area contributed by atoms with Crippen LogP contribution in [0, 0.1) is 0 Å². The number of amides is 2. The van der Waals surface area contributed by atoms with Crippen LogP contribution >= 0.6 is 12.2 Å². The summed E-state index contributed by atoms with van der Waals surface area (Å²) < 4.78 is 0. The standard InChI is InChI=1S/C18H21N5OS/c24-18(21-20-17(25)19-15-7-3-1-4-8-15)23-13-11-22(12-14-23)16-9-5-2-6-10-16/h1-10H,11-14H2,(H,21,24)(H2,19,20,25). The third kappa shape index (κ3) is 4.84. The molecular weight excluding hydrogens is 334 g/mol. The Morgan fingerprint density at radius 2 is 1.44 bits per heavy atom. The minimum Gasteiger partial charge on any atom is -0.368 e. The summed E-state index contributed by atoms with van der Waals surface area (Å²) in [5.74, 6) is 0. The summed E-state index contributed by atoms with van der Waals surface area (Å²) in [7, 11) is 0. The number of piperazine rings is 1. The number of nitrogens with one attached hydrogen (secondary N) is 3. The van der Waals surface area contributed by atoms with E-state index >= 15 is 0 Å². The molecular formula is C18H21N5OS. The first kappa shape index (κ1) is 17.0. The van der Waals surface area contributed by atoms with Gasteiger partial charge in [-0.25, -0.2) is 10.2 Å². The number of hydrogen-bond donors (Lipinski definition) is 3. The van der Waals surface area contributed by atoms with Crippen LogP contribution in [0.1, 0.15) is 0 Å². The Morgan fingerprint density at radius 3 is 2.08 bits per heavy atom. The van der Waals surface area contributed by atoms with E-state index in [1.54, 1.807) is 4.90 Å². The number of anilines is 2. The van der Waals surface area contributed by atoms with E-state index in [2.05, 4.69) is 33.2 Å². The van der Waals surface area contributed by atoms with E-state index < -0.39 is 0 Å². The molecule has 1 saturated heterocycles. The molecule has 1 fully saturated rings. The summed E-state index contributed by atoms with van der Waals surface area (Å²) in [6.45, 7) is 2.96. The molecule has 1 aliphatic rings. The zero-order valence-electron chi connectivity index (χ0n) is 13.8. The molecule has 1 aliphatic heterocycles. The van der Waals surface area contributed by atoms with Gasteiger partial charge in [0.2, 0.25) is 0 Å². The number of thiocarbonyl (C=S) groups is 1. The van der Waals surface area contributed by atoms with Crippen molar-refractivity contribution < 1.29 is 4.79 Å². The van der Waals surface area contributed by atoms with Gasteiger partial charge in [-0.15, -0.1) is 0 Å². The summed E-state index contributed by atoms with van der Waals surface area (Å²) in [4.78, 5) is 16.3. The summed E-state index contributed by atoms with van der Waals surface area (Å²) in [5, 5.41) is 3.36. The van der Waals surface area contributed by atoms with Gasteiger partial charge in [0.25, 0.3) is 0 Å². The monoisotopic (exact) mass is 355 g/mol.